The number of carboxylic acid groups (broad SMARTS) is 1. The van der Waals surface area contributed by atoms with Crippen LogP contribution in [0.3, 0.4) is 0 Å². The van der Waals surface area contributed by atoms with E-state index in [9.17, 15) is 24.6 Å². The number of hydrogen-bond acceptors (Lipinski definition) is 6. The zero-order chi connectivity index (χ0) is 21.2. The molecular weight excluding hydrogens is 376 g/mol. The number of carbonyl (C=O) groups is 3. The third kappa shape index (κ3) is 7.35. The van der Waals surface area contributed by atoms with Crippen LogP contribution in [-0.4, -0.2) is 59.2 Å². The van der Waals surface area contributed by atoms with Crippen molar-refractivity contribution in [3.05, 3.63) is 29.8 Å². The Bertz CT molecular complexity index is 689. The Morgan fingerprint density at radius 2 is 1.86 bits per heavy atom. The fourth-order valence-electron chi connectivity index (χ4n) is 3.28. The molecule has 1 heterocycles. The molecule has 7 N–H and O–H groups in total. The van der Waals surface area contributed by atoms with E-state index in [1.54, 1.807) is 12.1 Å². The molecule has 160 valence electrons. The highest BCUT2D eigenvalue weighted by atomic mass is 16.4. The number of phenols is 1. The van der Waals surface area contributed by atoms with Gasteiger partial charge >= 0.3 is 5.97 Å². The molecule has 0 saturated carbocycles. The Hall–Kier alpha value is -2.65. The van der Waals surface area contributed by atoms with Crippen LogP contribution in [0.15, 0.2) is 24.3 Å². The van der Waals surface area contributed by atoms with Gasteiger partial charge in [-0.1, -0.05) is 12.1 Å². The van der Waals surface area contributed by atoms with Gasteiger partial charge in [0.2, 0.25) is 11.8 Å². The summed E-state index contributed by atoms with van der Waals surface area (Å²) in [6.07, 6.45) is 3.40. The lowest BCUT2D eigenvalue weighted by molar-refractivity contribution is -0.142. The van der Waals surface area contributed by atoms with Crippen LogP contribution in [0.5, 0.6) is 5.75 Å². The lowest BCUT2D eigenvalue weighted by Gasteiger charge is -2.23. The number of nitrogens with two attached hydrogens (primary N) is 1. The summed E-state index contributed by atoms with van der Waals surface area (Å²) in [5.74, 6) is -1.87. The van der Waals surface area contributed by atoms with Crippen molar-refractivity contribution < 1.29 is 24.6 Å². The number of benzene rings is 1. The first-order valence-electron chi connectivity index (χ1n) is 9.95. The topological polar surface area (TPSA) is 154 Å². The van der Waals surface area contributed by atoms with E-state index in [2.05, 4.69) is 16.0 Å². The second-order valence-corrected chi connectivity index (χ2v) is 7.26. The highest BCUT2D eigenvalue weighted by molar-refractivity contribution is 5.92. The van der Waals surface area contributed by atoms with Gasteiger partial charge in [0.15, 0.2) is 0 Å². The first-order valence-corrected chi connectivity index (χ1v) is 9.95. The minimum absolute atomic E-state index is 0.0645. The Labute approximate surface area is 170 Å². The Morgan fingerprint density at radius 3 is 2.45 bits per heavy atom. The van der Waals surface area contributed by atoms with Crippen LogP contribution in [0.2, 0.25) is 0 Å². The van der Waals surface area contributed by atoms with Gasteiger partial charge in [0.05, 0.1) is 6.04 Å². The molecule has 0 unspecified atom stereocenters. The van der Waals surface area contributed by atoms with Crippen molar-refractivity contribution in [1.29, 1.82) is 0 Å². The standard InChI is InChI=1S/C20H30N4O5/c21-10-2-1-4-16(23-18(26)15-5-3-11-22-15)19(27)24-17(20(28)29)12-13-6-8-14(25)9-7-13/h6-9,15-17,22,25H,1-5,10-12,21H2,(H,23,26)(H,24,27)(H,28,29)/t15-,16-,17-/m0/s1. The average molecular weight is 406 g/mol. The van der Waals surface area contributed by atoms with E-state index in [0.29, 0.717) is 37.8 Å². The third-order valence-corrected chi connectivity index (χ3v) is 4.95. The highest BCUT2D eigenvalue weighted by Crippen LogP contribution is 2.12. The molecule has 1 aliphatic rings. The van der Waals surface area contributed by atoms with Gasteiger partial charge in [-0.3, -0.25) is 9.59 Å². The molecule has 0 aromatic heterocycles. The van der Waals surface area contributed by atoms with Gasteiger partial charge in [-0.15, -0.1) is 0 Å². The molecular formula is C20H30N4O5. The molecule has 2 amide bonds. The number of phenolic OH excluding ortho intramolecular Hbond substituents is 1. The van der Waals surface area contributed by atoms with E-state index in [-0.39, 0.29) is 24.1 Å². The molecule has 1 aliphatic heterocycles. The van der Waals surface area contributed by atoms with Crippen molar-refractivity contribution in [3.63, 3.8) is 0 Å². The fraction of sp³-hybridized carbons (Fsp3) is 0.550. The average Bonchev–Trinajstić information content (AvgIpc) is 3.23. The zero-order valence-electron chi connectivity index (χ0n) is 16.4. The fourth-order valence-corrected chi connectivity index (χ4v) is 3.28. The van der Waals surface area contributed by atoms with Crippen molar-refractivity contribution in [3.8, 4) is 5.75 Å². The van der Waals surface area contributed by atoms with Crippen LogP contribution in [0.25, 0.3) is 0 Å². The molecule has 9 heteroatoms. The Morgan fingerprint density at radius 1 is 1.14 bits per heavy atom. The SMILES string of the molecule is NCCCC[C@H](NC(=O)[C@@H]1CCCN1)C(=O)N[C@@H](Cc1ccc(O)cc1)C(=O)O. The van der Waals surface area contributed by atoms with Gasteiger partial charge < -0.3 is 31.9 Å². The van der Waals surface area contributed by atoms with Crippen LogP contribution < -0.4 is 21.7 Å². The van der Waals surface area contributed by atoms with E-state index in [0.717, 1.165) is 13.0 Å². The monoisotopic (exact) mass is 406 g/mol. The second-order valence-electron chi connectivity index (χ2n) is 7.26. The van der Waals surface area contributed by atoms with Crippen LogP contribution in [0.1, 0.15) is 37.7 Å². The summed E-state index contributed by atoms with van der Waals surface area (Å²) >= 11 is 0. The van der Waals surface area contributed by atoms with Crippen LogP contribution >= 0.6 is 0 Å². The summed E-state index contributed by atoms with van der Waals surface area (Å²) in [6.45, 7) is 1.24. The van der Waals surface area contributed by atoms with Gasteiger partial charge in [-0.05, 0) is 62.9 Å². The van der Waals surface area contributed by atoms with Crippen molar-refractivity contribution in [2.45, 2.75) is 56.7 Å². The lowest BCUT2D eigenvalue weighted by Crippen LogP contribution is -2.54. The summed E-state index contributed by atoms with van der Waals surface area (Å²) in [5.41, 5.74) is 6.18. The molecule has 1 aromatic rings. The van der Waals surface area contributed by atoms with E-state index >= 15 is 0 Å². The molecule has 1 fully saturated rings. The molecule has 2 rings (SSSR count). The lowest BCUT2D eigenvalue weighted by atomic mass is 10.0. The second kappa shape index (κ2) is 11.4. The molecule has 3 atom stereocenters. The number of unbranched alkanes of at least 4 members (excludes halogenated alkanes) is 1. The molecule has 9 nitrogen and oxygen atoms in total. The molecule has 1 saturated heterocycles. The number of aromatic hydroxyl groups is 1. The first-order chi connectivity index (χ1) is 13.9. The van der Waals surface area contributed by atoms with Gasteiger partial charge in [0.25, 0.3) is 0 Å². The summed E-state index contributed by atoms with van der Waals surface area (Å²) < 4.78 is 0. The van der Waals surface area contributed by atoms with Gasteiger partial charge in [-0.25, -0.2) is 4.79 Å². The highest BCUT2D eigenvalue weighted by Gasteiger charge is 2.29. The maximum absolute atomic E-state index is 12.8. The molecule has 1 aromatic carbocycles. The van der Waals surface area contributed by atoms with E-state index in [1.807, 2.05) is 0 Å². The van der Waals surface area contributed by atoms with E-state index in [4.69, 9.17) is 5.73 Å². The molecule has 0 radical (unpaired) electrons. The van der Waals surface area contributed by atoms with Crippen LogP contribution in [0.4, 0.5) is 0 Å². The Kier molecular flexibility index (Phi) is 8.88. The van der Waals surface area contributed by atoms with Gasteiger partial charge in [-0.2, -0.15) is 0 Å². The minimum atomic E-state index is -1.17. The number of nitrogens with one attached hydrogen (secondary N) is 3. The molecule has 0 bridgehead atoms. The first kappa shape index (κ1) is 22.6. The maximum Gasteiger partial charge on any atom is 0.326 e. The quantitative estimate of drug-likeness (QED) is 0.280. The molecule has 0 spiro atoms. The predicted octanol–water partition coefficient (Wildman–Crippen LogP) is -0.130. The summed E-state index contributed by atoms with van der Waals surface area (Å²) in [4.78, 5) is 36.8. The normalized spacial score (nSPS) is 18.0. The van der Waals surface area contributed by atoms with E-state index < -0.39 is 24.0 Å². The Balaban J connectivity index is 2.02. The summed E-state index contributed by atoms with van der Waals surface area (Å²) in [6, 6.07) is 3.82. The number of carbonyl (C=O) groups excluding carboxylic acids is 2. The third-order valence-electron chi connectivity index (χ3n) is 4.95. The smallest absolute Gasteiger partial charge is 0.326 e. The molecule has 0 aliphatic carbocycles. The van der Waals surface area contributed by atoms with Crippen molar-refractivity contribution >= 4 is 17.8 Å². The number of hydrogen-bond donors (Lipinski definition) is 6. The number of carboxylic acids is 1. The van der Waals surface area contributed by atoms with Crippen LogP contribution in [0, 0.1) is 0 Å². The largest absolute Gasteiger partial charge is 0.508 e. The van der Waals surface area contributed by atoms with Crippen molar-refractivity contribution in [2.24, 2.45) is 5.73 Å². The van der Waals surface area contributed by atoms with Crippen LogP contribution in [-0.2, 0) is 20.8 Å². The van der Waals surface area contributed by atoms with Gasteiger partial charge in [0.1, 0.15) is 17.8 Å². The van der Waals surface area contributed by atoms with Crippen molar-refractivity contribution in [1.82, 2.24) is 16.0 Å². The summed E-state index contributed by atoms with van der Waals surface area (Å²) in [5, 5.41) is 27.2. The number of aliphatic carboxylic acids is 1. The molecule has 29 heavy (non-hydrogen) atoms. The van der Waals surface area contributed by atoms with Gasteiger partial charge in [0, 0.05) is 6.42 Å². The van der Waals surface area contributed by atoms with E-state index in [1.165, 1.54) is 12.1 Å². The maximum atomic E-state index is 12.8. The van der Waals surface area contributed by atoms with Crippen molar-refractivity contribution in [2.75, 3.05) is 13.1 Å². The number of rotatable bonds is 11. The number of amides is 2. The summed E-state index contributed by atoms with van der Waals surface area (Å²) in [7, 11) is 0. The minimum Gasteiger partial charge on any atom is -0.508 e. The zero-order valence-corrected chi connectivity index (χ0v) is 16.4. The predicted molar refractivity (Wildman–Crippen MR) is 107 cm³/mol.